The van der Waals surface area contributed by atoms with Crippen molar-refractivity contribution >= 4 is 21.8 Å². The van der Waals surface area contributed by atoms with Gasteiger partial charge >= 0.3 is 0 Å². The number of amides is 1. The number of alkyl halides is 1. The van der Waals surface area contributed by atoms with Gasteiger partial charge < -0.3 is 4.90 Å². The second-order valence-corrected chi connectivity index (χ2v) is 4.31. The molecule has 0 N–H and O–H groups in total. The summed E-state index contributed by atoms with van der Waals surface area (Å²) >= 11 is 3.27. The molecule has 1 saturated carbocycles. The molecular formula is C9H16BrNO. The van der Waals surface area contributed by atoms with Crippen molar-refractivity contribution in [3.05, 3.63) is 0 Å². The molecule has 0 aromatic carbocycles. The largest absolute Gasteiger partial charge is 0.343 e. The summed E-state index contributed by atoms with van der Waals surface area (Å²) in [5, 5.41) is 0.771. The summed E-state index contributed by atoms with van der Waals surface area (Å²) in [6.07, 6.45) is 3.22. The normalized spacial score (nSPS) is 18.9. The molecule has 1 fully saturated rings. The van der Waals surface area contributed by atoms with E-state index in [1.165, 1.54) is 12.8 Å². The van der Waals surface area contributed by atoms with Crippen LogP contribution in [0.15, 0.2) is 0 Å². The number of halogens is 1. The first-order valence-corrected chi connectivity index (χ1v) is 5.60. The van der Waals surface area contributed by atoms with Crippen LogP contribution in [-0.4, -0.2) is 29.2 Å². The number of rotatable bonds is 4. The second kappa shape index (κ2) is 4.26. The van der Waals surface area contributed by atoms with Crippen LogP contribution >= 0.6 is 15.9 Å². The Morgan fingerprint density at radius 1 is 1.67 bits per heavy atom. The minimum Gasteiger partial charge on any atom is -0.343 e. The first-order valence-electron chi connectivity index (χ1n) is 4.48. The average molecular weight is 234 g/mol. The molecule has 1 unspecified atom stereocenters. The fourth-order valence-electron chi connectivity index (χ4n) is 1.38. The van der Waals surface area contributed by atoms with Crippen LogP contribution in [0.3, 0.4) is 0 Å². The van der Waals surface area contributed by atoms with E-state index in [1.54, 1.807) is 0 Å². The van der Waals surface area contributed by atoms with E-state index in [0.29, 0.717) is 12.5 Å². The molecule has 2 nitrogen and oxygen atoms in total. The zero-order chi connectivity index (χ0) is 9.14. The molecule has 70 valence electrons. The maximum Gasteiger partial charge on any atom is 0.223 e. The number of nitrogens with zero attached hydrogens (tertiary/aromatic N) is 1. The number of carbonyl (C=O) groups is 1. The maximum absolute atomic E-state index is 11.4. The molecule has 1 rings (SSSR count). The number of hydrogen-bond donors (Lipinski definition) is 0. The Hall–Kier alpha value is -0.0500. The summed E-state index contributed by atoms with van der Waals surface area (Å²) in [6.45, 7) is 2.14. The topological polar surface area (TPSA) is 20.3 Å². The van der Waals surface area contributed by atoms with Gasteiger partial charge in [0.05, 0.1) is 0 Å². The van der Waals surface area contributed by atoms with E-state index in [9.17, 15) is 4.79 Å². The Bertz CT molecular complexity index is 168. The third kappa shape index (κ3) is 2.47. The summed E-state index contributed by atoms with van der Waals surface area (Å²) in [4.78, 5) is 13.3. The van der Waals surface area contributed by atoms with Gasteiger partial charge in [0.25, 0.3) is 0 Å². The van der Waals surface area contributed by atoms with Crippen LogP contribution in [-0.2, 0) is 4.79 Å². The fourth-order valence-corrected chi connectivity index (χ4v) is 1.72. The molecular weight excluding hydrogens is 218 g/mol. The maximum atomic E-state index is 11.4. The van der Waals surface area contributed by atoms with Gasteiger partial charge in [-0.2, -0.15) is 0 Å². The SMILES string of the molecule is CC(C1CC1)N(C)C(=O)CCBr. The minimum atomic E-state index is 0.256. The lowest BCUT2D eigenvalue weighted by atomic mass is 10.2. The van der Waals surface area contributed by atoms with Gasteiger partial charge in [0.15, 0.2) is 0 Å². The molecule has 1 amide bonds. The smallest absolute Gasteiger partial charge is 0.223 e. The standard InChI is InChI=1S/C9H16BrNO/c1-7(8-3-4-8)11(2)9(12)5-6-10/h7-8H,3-6H2,1-2H3. The van der Waals surface area contributed by atoms with Crippen LogP contribution in [0.2, 0.25) is 0 Å². The van der Waals surface area contributed by atoms with E-state index in [0.717, 1.165) is 11.2 Å². The Labute approximate surface area is 82.4 Å². The molecule has 3 heteroatoms. The lowest BCUT2D eigenvalue weighted by Gasteiger charge is -2.24. The summed E-state index contributed by atoms with van der Waals surface area (Å²) < 4.78 is 0. The van der Waals surface area contributed by atoms with Crippen molar-refractivity contribution in [2.24, 2.45) is 5.92 Å². The summed E-state index contributed by atoms with van der Waals surface area (Å²) in [6, 6.07) is 0.441. The summed E-state index contributed by atoms with van der Waals surface area (Å²) in [5.74, 6) is 1.03. The van der Waals surface area contributed by atoms with Crippen molar-refractivity contribution < 1.29 is 4.79 Å². The lowest BCUT2D eigenvalue weighted by molar-refractivity contribution is -0.131. The Morgan fingerprint density at radius 2 is 2.25 bits per heavy atom. The van der Waals surface area contributed by atoms with Gasteiger partial charge in [-0.25, -0.2) is 0 Å². The predicted molar refractivity (Wildman–Crippen MR) is 53.4 cm³/mol. The fraction of sp³-hybridized carbons (Fsp3) is 0.889. The van der Waals surface area contributed by atoms with Crippen molar-refractivity contribution in [3.8, 4) is 0 Å². The highest BCUT2D eigenvalue weighted by Gasteiger charge is 2.31. The summed E-state index contributed by atoms with van der Waals surface area (Å²) in [5.41, 5.74) is 0. The van der Waals surface area contributed by atoms with Gasteiger partial charge in [0.2, 0.25) is 5.91 Å². The van der Waals surface area contributed by atoms with Crippen molar-refractivity contribution in [2.75, 3.05) is 12.4 Å². The van der Waals surface area contributed by atoms with Gasteiger partial charge in [-0.05, 0) is 25.7 Å². The van der Waals surface area contributed by atoms with Crippen LogP contribution in [0, 0.1) is 5.92 Å². The van der Waals surface area contributed by atoms with Crippen LogP contribution in [0.1, 0.15) is 26.2 Å². The Balaban J connectivity index is 2.33. The highest BCUT2D eigenvalue weighted by atomic mass is 79.9. The van der Waals surface area contributed by atoms with Gasteiger partial charge in [-0.3, -0.25) is 4.79 Å². The van der Waals surface area contributed by atoms with Gasteiger partial charge in [-0.15, -0.1) is 0 Å². The second-order valence-electron chi connectivity index (χ2n) is 3.52. The van der Waals surface area contributed by atoms with Crippen molar-refractivity contribution in [1.29, 1.82) is 0 Å². The van der Waals surface area contributed by atoms with E-state index in [1.807, 2.05) is 11.9 Å². The van der Waals surface area contributed by atoms with E-state index in [2.05, 4.69) is 22.9 Å². The molecule has 1 aliphatic carbocycles. The molecule has 0 spiro atoms. The highest BCUT2D eigenvalue weighted by molar-refractivity contribution is 9.09. The van der Waals surface area contributed by atoms with Crippen molar-refractivity contribution in [1.82, 2.24) is 4.90 Å². The molecule has 12 heavy (non-hydrogen) atoms. The number of carbonyl (C=O) groups excluding carboxylic acids is 1. The highest BCUT2D eigenvalue weighted by Crippen LogP contribution is 2.34. The van der Waals surface area contributed by atoms with Gasteiger partial charge in [0, 0.05) is 24.8 Å². The Morgan fingerprint density at radius 3 is 2.67 bits per heavy atom. The van der Waals surface area contributed by atoms with Crippen LogP contribution in [0.25, 0.3) is 0 Å². The monoisotopic (exact) mass is 233 g/mol. The third-order valence-corrected chi connectivity index (χ3v) is 3.01. The molecule has 1 atom stereocenters. The molecule has 0 saturated heterocycles. The van der Waals surface area contributed by atoms with Gasteiger partial charge in [-0.1, -0.05) is 15.9 Å². The molecule has 0 heterocycles. The van der Waals surface area contributed by atoms with Crippen LogP contribution < -0.4 is 0 Å². The molecule has 0 aromatic rings. The van der Waals surface area contributed by atoms with E-state index < -0.39 is 0 Å². The molecule has 0 radical (unpaired) electrons. The number of hydrogen-bond acceptors (Lipinski definition) is 1. The van der Waals surface area contributed by atoms with E-state index in [4.69, 9.17) is 0 Å². The zero-order valence-electron chi connectivity index (χ0n) is 7.72. The van der Waals surface area contributed by atoms with E-state index in [-0.39, 0.29) is 5.91 Å². The zero-order valence-corrected chi connectivity index (χ0v) is 9.30. The molecule has 1 aliphatic rings. The average Bonchev–Trinajstić information content (AvgIpc) is 2.84. The van der Waals surface area contributed by atoms with Crippen LogP contribution in [0.5, 0.6) is 0 Å². The lowest BCUT2D eigenvalue weighted by Crippen LogP contribution is -2.36. The third-order valence-electron chi connectivity index (χ3n) is 2.62. The first kappa shape index (κ1) is 10.0. The predicted octanol–water partition coefficient (Wildman–Crippen LogP) is 2.03. The van der Waals surface area contributed by atoms with Crippen molar-refractivity contribution in [3.63, 3.8) is 0 Å². The van der Waals surface area contributed by atoms with E-state index >= 15 is 0 Å². The first-order chi connectivity index (χ1) is 5.66. The van der Waals surface area contributed by atoms with Crippen molar-refractivity contribution in [2.45, 2.75) is 32.2 Å². The molecule has 0 bridgehead atoms. The Kier molecular flexibility index (Phi) is 3.56. The quantitative estimate of drug-likeness (QED) is 0.681. The summed E-state index contributed by atoms with van der Waals surface area (Å²) in [7, 11) is 1.91. The minimum absolute atomic E-state index is 0.256. The van der Waals surface area contributed by atoms with Crippen LogP contribution in [0.4, 0.5) is 0 Å². The molecule has 0 aliphatic heterocycles. The molecule has 0 aromatic heterocycles. The van der Waals surface area contributed by atoms with Gasteiger partial charge in [0.1, 0.15) is 0 Å².